The molecule has 0 amide bonds. The van der Waals surface area contributed by atoms with Gasteiger partial charge in [-0.05, 0) is 12.1 Å². The summed E-state index contributed by atoms with van der Waals surface area (Å²) < 4.78 is 5.75. The summed E-state index contributed by atoms with van der Waals surface area (Å²) in [5, 5.41) is 3.23. The molecule has 1 aromatic rings. The molecule has 0 unspecified atom stereocenters. The first kappa shape index (κ1) is 14.8. The average molecular weight is 435 g/mol. The number of hydrogen-bond donors (Lipinski definition) is 0. The van der Waals surface area contributed by atoms with E-state index in [1.165, 1.54) is 0 Å². The van der Waals surface area contributed by atoms with Crippen LogP contribution in [0.1, 0.15) is 0 Å². The second-order valence-electron chi connectivity index (χ2n) is 3.62. The van der Waals surface area contributed by atoms with Gasteiger partial charge in [0.15, 0.2) is 0 Å². The lowest BCUT2D eigenvalue weighted by Crippen LogP contribution is -2.34. The first-order valence-electron chi connectivity index (χ1n) is 4.73. The van der Waals surface area contributed by atoms with Crippen LogP contribution in [0.2, 0.25) is 5.02 Å². The average Bonchev–Trinajstić information content (AvgIpc) is 2.34. The van der Waals surface area contributed by atoms with Crippen LogP contribution in [-0.2, 0) is 0 Å². The van der Waals surface area contributed by atoms with Crippen LogP contribution in [0.25, 0.3) is 0 Å². The summed E-state index contributed by atoms with van der Waals surface area (Å²) in [6, 6.07) is 7.51. The Kier molecular flexibility index (Phi) is 6.70. The van der Waals surface area contributed by atoms with Crippen molar-refractivity contribution in [3.8, 4) is 5.75 Å². The Labute approximate surface area is 126 Å². The zero-order chi connectivity index (χ0) is 12.0. The van der Waals surface area contributed by atoms with Crippen LogP contribution in [0.3, 0.4) is 0 Å². The molecule has 0 saturated carbocycles. The highest BCUT2D eigenvalue weighted by Gasteiger charge is 2.28. The minimum absolute atomic E-state index is 0.0408. The summed E-state index contributed by atoms with van der Waals surface area (Å²) in [7, 11) is 0. The van der Waals surface area contributed by atoms with Crippen molar-refractivity contribution < 1.29 is 4.74 Å². The molecule has 90 valence electrons. The highest BCUT2D eigenvalue weighted by atomic mass is 79.9. The van der Waals surface area contributed by atoms with E-state index in [9.17, 15) is 0 Å². The number of alkyl halides is 3. The van der Waals surface area contributed by atoms with Gasteiger partial charge in [0.05, 0.1) is 11.6 Å². The molecule has 1 nitrogen and oxygen atoms in total. The molecule has 16 heavy (non-hydrogen) atoms. The van der Waals surface area contributed by atoms with Crippen molar-refractivity contribution in [3.63, 3.8) is 0 Å². The van der Waals surface area contributed by atoms with Gasteiger partial charge in [-0.1, -0.05) is 71.5 Å². The number of rotatable bonds is 6. The van der Waals surface area contributed by atoms with Gasteiger partial charge in [-0.25, -0.2) is 0 Å². The van der Waals surface area contributed by atoms with Crippen molar-refractivity contribution in [2.75, 3.05) is 22.6 Å². The summed E-state index contributed by atoms with van der Waals surface area (Å²) in [6.07, 6.45) is 0. The maximum Gasteiger partial charge on any atom is 0.137 e. The van der Waals surface area contributed by atoms with Crippen LogP contribution in [0.4, 0.5) is 0 Å². The fourth-order valence-corrected chi connectivity index (χ4v) is 4.48. The van der Waals surface area contributed by atoms with E-state index in [-0.39, 0.29) is 5.41 Å². The highest BCUT2D eigenvalue weighted by Crippen LogP contribution is 2.29. The standard InChI is InChI=1S/C11H12Br3ClO/c12-5-11(6-13,7-14)8-16-10-4-2-1-3-9(10)15/h1-4H,5-8H2. The second kappa shape index (κ2) is 7.24. The van der Waals surface area contributed by atoms with Crippen molar-refractivity contribution in [3.05, 3.63) is 29.3 Å². The maximum atomic E-state index is 6.02. The van der Waals surface area contributed by atoms with Gasteiger partial charge >= 0.3 is 0 Å². The highest BCUT2D eigenvalue weighted by molar-refractivity contribution is 9.10. The van der Waals surface area contributed by atoms with Crippen LogP contribution in [-0.4, -0.2) is 22.6 Å². The molecule has 0 aliphatic carbocycles. The van der Waals surface area contributed by atoms with Gasteiger partial charge in [0.1, 0.15) is 5.75 Å². The molecule has 0 N–H and O–H groups in total. The topological polar surface area (TPSA) is 9.23 Å². The Morgan fingerprint density at radius 2 is 1.62 bits per heavy atom. The minimum atomic E-state index is 0.0408. The molecule has 0 fully saturated rings. The largest absolute Gasteiger partial charge is 0.491 e. The predicted octanol–water partition coefficient (Wildman–Crippen LogP) is 4.89. The Morgan fingerprint density at radius 3 is 2.12 bits per heavy atom. The predicted molar refractivity (Wildman–Crippen MR) is 80.8 cm³/mol. The molecule has 0 aliphatic rings. The van der Waals surface area contributed by atoms with Crippen molar-refractivity contribution >= 4 is 59.4 Å². The Bertz CT molecular complexity index is 320. The summed E-state index contributed by atoms with van der Waals surface area (Å²) in [6.45, 7) is 0.610. The van der Waals surface area contributed by atoms with Crippen molar-refractivity contribution in [1.29, 1.82) is 0 Å². The zero-order valence-electron chi connectivity index (χ0n) is 8.56. The van der Waals surface area contributed by atoms with Crippen LogP contribution in [0.5, 0.6) is 5.75 Å². The number of para-hydroxylation sites is 1. The Balaban J connectivity index is 2.66. The quantitative estimate of drug-likeness (QED) is 0.579. The lowest BCUT2D eigenvalue weighted by Gasteiger charge is -2.27. The van der Waals surface area contributed by atoms with Gasteiger partial charge in [-0.2, -0.15) is 0 Å². The summed E-state index contributed by atoms with van der Waals surface area (Å²) in [5.41, 5.74) is 0.0408. The summed E-state index contributed by atoms with van der Waals surface area (Å²) >= 11 is 16.6. The van der Waals surface area contributed by atoms with Crippen molar-refractivity contribution in [2.24, 2.45) is 5.41 Å². The normalized spacial score (nSPS) is 11.5. The van der Waals surface area contributed by atoms with Crippen molar-refractivity contribution in [2.45, 2.75) is 0 Å². The number of benzene rings is 1. The molecule has 0 atom stereocenters. The molecule has 0 spiro atoms. The van der Waals surface area contributed by atoms with Gasteiger partial charge in [-0.3, -0.25) is 0 Å². The van der Waals surface area contributed by atoms with Crippen molar-refractivity contribution in [1.82, 2.24) is 0 Å². The first-order chi connectivity index (χ1) is 7.67. The molecular formula is C11H12Br3ClO. The third kappa shape index (κ3) is 3.90. The third-order valence-corrected chi connectivity index (χ3v) is 6.10. The van der Waals surface area contributed by atoms with E-state index in [2.05, 4.69) is 47.8 Å². The fraction of sp³-hybridized carbons (Fsp3) is 0.455. The van der Waals surface area contributed by atoms with E-state index in [4.69, 9.17) is 16.3 Å². The zero-order valence-corrected chi connectivity index (χ0v) is 14.1. The number of hydrogen-bond acceptors (Lipinski definition) is 1. The lowest BCUT2D eigenvalue weighted by molar-refractivity contribution is 0.213. The van der Waals surface area contributed by atoms with E-state index in [1.807, 2.05) is 24.3 Å². The van der Waals surface area contributed by atoms with Crippen LogP contribution in [0, 0.1) is 5.41 Å². The molecule has 1 aromatic carbocycles. The van der Waals surface area contributed by atoms with Gasteiger partial charge < -0.3 is 4.74 Å². The maximum absolute atomic E-state index is 6.02. The molecule has 0 aliphatic heterocycles. The summed E-state index contributed by atoms with van der Waals surface area (Å²) in [5.74, 6) is 0.733. The molecule has 1 rings (SSSR count). The van der Waals surface area contributed by atoms with E-state index in [0.717, 1.165) is 21.7 Å². The number of ether oxygens (including phenoxy) is 1. The molecule has 0 bridgehead atoms. The van der Waals surface area contributed by atoms with E-state index in [1.54, 1.807) is 0 Å². The first-order valence-corrected chi connectivity index (χ1v) is 8.47. The van der Waals surface area contributed by atoms with E-state index < -0.39 is 0 Å². The molecule has 0 heterocycles. The summed E-state index contributed by atoms with van der Waals surface area (Å²) in [4.78, 5) is 0. The molecule has 0 saturated heterocycles. The second-order valence-corrected chi connectivity index (χ2v) is 5.71. The lowest BCUT2D eigenvalue weighted by atomic mass is 9.98. The van der Waals surface area contributed by atoms with E-state index in [0.29, 0.717) is 11.6 Å². The SMILES string of the molecule is Clc1ccccc1OCC(CBr)(CBr)CBr. The number of halogens is 4. The van der Waals surface area contributed by atoms with Crippen LogP contribution < -0.4 is 4.74 Å². The Hall–Kier alpha value is 0.750. The Morgan fingerprint density at radius 1 is 1.06 bits per heavy atom. The molecular weight excluding hydrogens is 423 g/mol. The molecule has 0 aromatic heterocycles. The molecule has 5 heteroatoms. The van der Waals surface area contributed by atoms with Gasteiger partial charge in [0.25, 0.3) is 0 Å². The van der Waals surface area contributed by atoms with Crippen LogP contribution in [0.15, 0.2) is 24.3 Å². The smallest absolute Gasteiger partial charge is 0.137 e. The van der Waals surface area contributed by atoms with E-state index >= 15 is 0 Å². The molecule has 0 radical (unpaired) electrons. The van der Waals surface area contributed by atoms with Crippen LogP contribution >= 0.6 is 59.4 Å². The minimum Gasteiger partial charge on any atom is -0.491 e. The van der Waals surface area contributed by atoms with Gasteiger partial charge in [-0.15, -0.1) is 0 Å². The van der Waals surface area contributed by atoms with Gasteiger partial charge in [0.2, 0.25) is 0 Å². The van der Waals surface area contributed by atoms with Gasteiger partial charge in [0, 0.05) is 21.4 Å². The fourth-order valence-electron chi connectivity index (χ4n) is 1.02. The third-order valence-electron chi connectivity index (χ3n) is 2.22. The monoisotopic (exact) mass is 432 g/mol.